The summed E-state index contributed by atoms with van der Waals surface area (Å²) in [5.41, 5.74) is 2.77. The van der Waals surface area contributed by atoms with Crippen molar-refractivity contribution in [3.8, 4) is 0 Å². The maximum atomic E-state index is 12.9. The van der Waals surface area contributed by atoms with Gasteiger partial charge < -0.3 is 15.1 Å². The molecule has 1 atom stereocenters. The van der Waals surface area contributed by atoms with Gasteiger partial charge in [0.1, 0.15) is 0 Å². The number of carbonyl (C=O) groups excluding carboxylic acids is 3. The number of nitrogens with zero attached hydrogens (tertiary/aromatic N) is 2. The third-order valence-corrected chi connectivity index (χ3v) is 6.15. The van der Waals surface area contributed by atoms with Gasteiger partial charge in [0.25, 0.3) is 5.91 Å². The number of hydrogen-bond donors (Lipinski definition) is 1. The number of rotatable bonds is 5. The number of hydrogen-bond acceptors (Lipinski definition) is 4. The lowest BCUT2D eigenvalue weighted by Crippen LogP contribution is -2.47. The van der Waals surface area contributed by atoms with Gasteiger partial charge in [0.05, 0.1) is 17.3 Å². The van der Waals surface area contributed by atoms with Gasteiger partial charge in [0.2, 0.25) is 11.8 Å². The van der Waals surface area contributed by atoms with Crippen molar-refractivity contribution >= 4 is 34.7 Å². The van der Waals surface area contributed by atoms with Crippen LogP contribution in [-0.2, 0) is 9.59 Å². The third kappa shape index (κ3) is 5.03. The van der Waals surface area contributed by atoms with E-state index in [9.17, 15) is 14.4 Å². The minimum Gasteiger partial charge on any atom is -0.337 e. The molecule has 0 saturated carbocycles. The van der Waals surface area contributed by atoms with Gasteiger partial charge in [-0.2, -0.15) is 0 Å². The van der Waals surface area contributed by atoms with Crippen molar-refractivity contribution in [2.24, 2.45) is 5.92 Å². The normalized spacial score (nSPS) is 16.4. The van der Waals surface area contributed by atoms with E-state index in [1.807, 2.05) is 49.6 Å². The van der Waals surface area contributed by atoms with Crippen LogP contribution in [0.5, 0.6) is 0 Å². The minimum atomic E-state index is -0.273. The van der Waals surface area contributed by atoms with E-state index in [4.69, 9.17) is 0 Å². The Morgan fingerprint density at radius 1 is 1.17 bits per heavy atom. The summed E-state index contributed by atoms with van der Waals surface area (Å²) in [6.45, 7) is 4.94. The highest BCUT2D eigenvalue weighted by atomic mass is 32.1. The highest BCUT2D eigenvalue weighted by molar-refractivity contribution is 7.12. The molecule has 0 aliphatic carbocycles. The molecule has 0 spiro atoms. The minimum absolute atomic E-state index is 0.0119. The largest absolute Gasteiger partial charge is 0.337 e. The molecular weight excluding hydrogens is 386 g/mol. The van der Waals surface area contributed by atoms with E-state index < -0.39 is 0 Å². The Morgan fingerprint density at radius 2 is 1.90 bits per heavy atom. The molecule has 3 amide bonds. The van der Waals surface area contributed by atoms with Crippen LogP contribution in [-0.4, -0.2) is 54.2 Å². The average Bonchev–Trinajstić information content (AvgIpc) is 3.24. The second-order valence-corrected chi connectivity index (χ2v) is 8.52. The van der Waals surface area contributed by atoms with Crippen molar-refractivity contribution in [1.29, 1.82) is 0 Å². The topological polar surface area (TPSA) is 69.7 Å². The smallest absolute Gasteiger partial charge is 0.263 e. The van der Waals surface area contributed by atoms with Crippen molar-refractivity contribution in [2.45, 2.75) is 26.7 Å². The zero-order valence-electron chi connectivity index (χ0n) is 17.1. The lowest BCUT2D eigenvalue weighted by molar-refractivity contribution is -0.138. The van der Waals surface area contributed by atoms with Crippen LogP contribution in [0.15, 0.2) is 35.7 Å². The van der Waals surface area contributed by atoms with Gasteiger partial charge in [-0.05, 0) is 49.3 Å². The van der Waals surface area contributed by atoms with Crippen LogP contribution in [0.3, 0.4) is 0 Å². The van der Waals surface area contributed by atoms with Crippen LogP contribution >= 0.6 is 11.3 Å². The molecule has 0 bridgehead atoms. The summed E-state index contributed by atoms with van der Waals surface area (Å²) in [5.74, 6) is -0.607. The van der Waals surface area contributed by atoms with Crippen LogP contribution in [0, 0.1) is 19.8 Å². The SMILES string of the molecule is Cc1cccc(C)c1NC(=O)CN(C)C(=O)[C@@H]1CCCN(C(=O)c2cccs2)C1. The molecule has 1 aromatic heterocycles. The quantitative estimate of drug-likeness (QED) is 0.818. The first-order chi connectivity index (χ1) is 13.9. The van der Waals surface area contributed by atoms with Gasteiger partial charge in [-0.25, -0.2) is 0 Å². The molecule has 3 rings (SSSR count). The van der Waals surface area contributed by atoms with Crippen molar-refractivity contribution in [3.05, 3.63) is 51.7 Å². The lowest BCUT2D eigenvalue weighted by atomic mass is 9.96. The number of benzene rings is 1. The molecule has 1 N–H and O–H groups in total. The van der Waals surface area contributed by atoms with Crippen LogP contribution in [0.25, 0.3) is 0 Å². The van der Waals surface area contributed by atoms with Crippen LogP contribution in [0.2, 0.25) is 0 Å². The van der Waals surface area contributed by atoms with Gasteiger partial charge in [-0.3, -0.25) is 14.4 Å². The number of nitrogens with one attached hydrogen (secondary N) is 1. The number of aryl methyl sites for hydroxylation is 2. The molecule has 6 nitrogen and oxygen atoms in total. The lowest BCUT2D eigenvalue weighted by Gasteiger charge is -2.33. The Bertz CT molecular complexity index is 874. The second-order valence-electron chi connectivity index (χ2n) is 7.58. The highest BCUT2D eigenvalue weighted by Crippen LogP contribution is 2.22. The predicted octanol–water partition coefficient (Wildman–Crippen LogP) is 3.31. The molecular formula is C22H27N3O3S. The molecule has 154 valence electrons. The summed E-state index contributed by atoms with van der Waals surface area (Å²) in [6.07, 6.45) is 1.52. The summed E-state index contributed by atoms with van der Waals surface area (Å²) in [4.78, 5) is 41.9. The number of anilines is 1. The van der Waals surface area contributed by atoms with E-state index in [-0.39, 0.29) is 30.2 Å². The van der Waals surface area contributed by atoms with Gasteiger partial charge in [-0.1, -0.05) is 24.3 Å². The maximum absolute atomic E-state index is 12.9. The first-order valence-electron chi connectivity index (χ1n) is 9.80. The van der Waals surface area contributed by atoms with E-state index in [1.165, 1.54) is 16.2 Å². The van der Waals surface area contributed by atoms with E-state index in [0.717, 1.165) is 29.7 Å². The average molecular weight is 414 g/mol. The number of para-hydroxylation sites is 1. The molecule has 1 aromatic carbocycles. The fourth-order valence-corrected chi connectivity index (χ4v) is 4.41. The number of amides is 3. The molecule has 7 heteroatoms. The summed E-state index contributed by atoms with van der Waals surface area (Å²) >= 11 is 1.41. The molecule has 1 saturated heterocycles. The van der Waals surface area contributed by atoms with E-state index >= 15 is 0 Å². The zero-order valence-corrected chi connectivity index (χ0v) is 17.9. The molecule has 29 heavy (non-hydrogen) atoms. The predicted molar refractivity (Wildman–Crippen MR) is 115 cm³/mol. The number of likely N-dealkylation sites (N-methyl/N-ethyl adjacent to an activating group) is 1. The Kier molecular flexibility index (Phi) is 6.69. The molecule has 1 aliphatic heterocycles. The first kappa shape index (κ1) is 21.0. The number of thiophene rings is 1. The molecule has 1 aliphatic rings. The monoisotopic (exact) mass is 413 g/mol. The zero-order chi connectivity index (χ0) is 21.0. The third-order valence-electron chi connectivity index (χ3n) is 5.29. The number of likely N-dealkylation sites (tertiary alicyclic amines) is 1. The van der Waals surface area contributed by atoms with Crippen molar-refractivity contribution in [1.82, 2.24) is 9.80 Å². The summed E-state index contributed by atoms with van der Waals surface area (Å²) < 4.78 is 0. The highest BCUT2D eigenvalue weighted by Gasteiger charge is 2.31. The number of piperidine rings is 1. The van der Waals surface area contributed by atoms with Gasteiger partial charge in [0, 0.05) is 25.8 Å². The van der Waals surface area contributed by atoms with Gasteiger partial charge >= 0.3 is 0 Å². The van der Waals surface area contributed by atoms with Crippen LogP contribution in [0.1, 0.15) is 33.6 Å². The van der Waals surface area contributed by atoms with Gasteiger partial charge in [-0.15, -0.1) is 11.3 Å². The second kappa shape index (κ2) is 9.22. The van der Waals surface area contributed by atoms with E-state index in [0.29, 0.717) is 18.0 Å². The van der Waals surface area contributed by atoms with Crippen LogP contribution < -0.4 is 5.32 Å². The van der Waals surface area contributed by atoms with E-state index in [2.05, 4.69) is 5.32 Å². The summed E-state index contributed by atoms with van der Waals surface area (Å²) in [7, 11) is 1.65. The Morgan fingerprint density at radius 3 is 2.55 bits per heavy atom. The van der Waals surface area contributed by atoms with Crippen LogP contribution in [0.4, 0.5) is 5.69 Å². The van der Waals surface area contributed by atoms with Gasteiger partial charge in [0.15, 0.2) is 0 Å². The van der Waals surface area contributed by atoms with Crippen molar-refractivity contribution in [2.75, 3.05) is 32.0 Å². The summed E-state index contributed by atoms with van der Waals surface area (Å²) in [6, 6.07) is 9.50. The Balaban J connectivity index is 1.58. The molecule has 1 fully saturated rings. The van der Waals surface area contributed by atoms with Crippen molar-refractivity contribution in [3.63, 3.8) is 0 Å². The fourth-order valence-electron chi connectivity index (χ4n) is 3.71. The fraction of sp³-hybridized carbons (Fsp3) is 0.409. The number of carbonyl (C=O) groups is 3. The molecule has 2 heterocycles. The van der Waals surface area contributed by atoms with E-state index in [1.54, 1.807) is 11.9 Å². The molecule has 0 unspecified atom stereocenters. The maximum Gasteiger partial charge on any atom is 0.263 e. The Hall–Kier alpha value is -2.67. The van der Waals surface area contributed by atoms with Crippen molar-refractivity contribution < 1.29 is 14.4 Å². The standard InChI is InChI=1S/C22H27N3O3S/c1-15-7-4-8-16(2)20(15)23-19(26)14-24(3)21(27)17-9-5-11-25(13-17)22(28)18-10-6-12-29-18/h4,6-8,10,12,17H,5,9,11,13-14H2,1-3H3,(H,23,26)/t17-/m1/s1. The first-order valence-corrected chi connectivity index (χ1v) is 10.7. The molecule has 0 radical (unpaired) electrons. The summed E-state index contributed by atoms with van der Waals surface area (Å²) in [5, 5.41) is 4.79. The molecule has 2 aromatic rings. The Labute approximate surface area is 175 Å².